The number of aliphatic hydroxyl groups excluding tert-OH is 1. The van der Waals surface area contributed by atoms with Crippen LogP contribution in [0, 0.1) is 5.92 Å². The van der Waals surface area contributed by atoms with Gasteiger partial charge < -0.3 is 15.1 Å². The summed E-state index contributed by atoms with van der Waals surface area (Å²) < 4.78 is 0. The van der Waals surface area contributed by atoms with Crippen LogP contribution in [0.5, 0.6) is 0 Å². The van der Waals surface area contributed by atoms with Crippen LogP contribution < -0.4 is 4.90 Å². The number of carboxylic acid groups (broad SMARTS) is 1. The van der Waals surface area contributed by atoms with E-state index < -0.39 is 12.1 Å². The second-order valence-electron chi connectivity index (χ2n) is 6.87. The van der Waals surface area contributed by atoms with Gasteiger partial charge in [-0.05, 0) is 18.6 Å². The SMILES string of the molecule is O=C(O)c1ccc(-c2ccccc2)nc1N1C[C@@H](Cc2cnccn2)[C@H](O)C1. The van der Waals surface area contributed by atoms with E-state index in [-0.39, 0.29) is 11.5 Å². The van der Waals surface area contributed by atoms with Gasteiger partial charge in [-0.3, -0.25) is 9.97 Å². The minimum Gasteiger partial charge on any atom is -0.478 e. The molecule has 0 amide bonds. The molecule has 4 rings (SSSR count). The predicted octanol–water partition coefficient (Wildman–Crippen LogP) is 2.28. The fourth-order valence-corrected chi connectivity index (χ4v) is 3.56. The molecule has 0 bridgehead atoms. The third-order valence-corrected chi connectivity index (χ3v) is 4.97. The highest BCUT2D eigenvalue weighted by Crippen LogP contribution is 2.30. The second-order valence-corrected chi connectivity index (χ2v) is 6.87. The van der Waals surface area contributed by atoms with Crippen molar-refractivity contribution in [3.05, 3.63) is 72.3 Å². The molecule has 7 heteroatoms. The Kier molecular flexibility index (Phi) is 4.99. The standard InChI is InChI=1S/C21H20N4O3/c26-19-13-25(12-15(19)10-16-11-22-8-9-23-16)20-17(21(27)28)6-7-18(24-20)14-4-2-1-3-5-14/h1-9,11,15,19,26H,10,12-13H2,(H,27,28)/t15-,19-/m1/s1. The summed E-state index contributed by atoms with van der Waals surface area (Å²) in [5.41, 5.74) is 2.55. The number of aromatic carboxylic acids is 1. The van der Waals surface area contributed by atoms with Gasteiger partial charge in [0.25, 0.3) is 0 Å². The van der Waals surface area contributed by atoms with Crippen molar-refractivity contribution < 1.29 is 15.0 Å². The highest BCUT2D eigenvalue weighted by molar-refractivity contribution is 5.94. The van der Waals surface area contributed by atoms with Crippen LogP contribution in [0.4, 0.5) is 5.82 Å². The molecular formula is C21H20N4O3. The number of anilines is 1. The molecule has 3 heterocycles. The molecule has 28 heavy (non-hydrogen) atoms. The number of carboxylic acids is 1. The maximum absolute atomic E-state index is 11.7. The van der Waals surface area contributed by atoms with E-state index >= 15 is 0 Å². The van der Waals surface area contributed by atoms with E-state index in [4.69, 9.17) is 0 Å². The largest absolute Gasteiger partial charge is 0.478 e. The van der Waals surface area contributed by atoms with Crippen LogP contribution in [-0.4, -0.2) is 50.3 Å². The molecule has 1 fully saturated rings. The number of hydrogen-bond acceptors (Lipinski definition) is 6. The number of carbonyl (C=O) groups is 1. The van der Waals surface area contributed by atoms with Crippen LogP contribution in [0.1, 0.15) is 16.1 Å². The Morgan fingerprint density at radius 2 is 1.93 bits per heavy atom. The quantitative estimate of drug-likeness (QED) is 0.705. The van der Waals surface area contributed by atoms with E-state index in [1.807, 2.05) is 35.2 Å². The number of benzene rings is 1. The van der Waals surface area contributed by atoms with Gasteiger partial charge in [-0.25, -0.2) is 9.78 Å². The third-order valence-electron chi connectivity index (χ3n) is 4.97. The van der Waals surface area contributed by atoms with Gasteiger partial charge in [-0.15, -0.1) is 0 Å². The topological polar surface area (TPSA) is 99.4 Å². The minimum absolute atomic E-state index is 0.0690. The van der Waals surface area contributed by atoms with Gasteiger partial charge >= 0.3 is 5.97 Å². The van der Waals surface area contributed by atoms with Crippen LogP contribution in [0.3, 0.4) is 0 Å². The molecule has 1 aliphatic rings. The van der Waals surface area contributed by atoms with Gasteiger partial charge in [0.15, 0.2) is 0 Å². The van der Waals surface area contributed by atoms with Crippen molar-refractivity contribution in [3.63, 3.8) is 0 Å². The molecule has 0 saturated carbocycles. The molecule has 3 aromatic rings. The number of β-amino-alcohol motifs (C(OH)–C–C–N with tert-alkyl or cyclic N) is 1. The summed E-state index contributed by atoms with van der Waals surface area (Å²) in [5, 5.41) is 20.1. The third kappa shape index (κ3) is 3.70. The van der Waals surface area contributed by atoms with Gasteiger partial charge in [0.2, 0.25) is 0 Å². The fourth-order valence-electron chi connectivity index (χ4n) is 3.56. The van der Waals surface area contributed by atoms with Gasteiger partial charge in [-0.2, -0.15) is 0 Å². The van der Waals surface area contributed by atoms with Crippen molar-refractivity contribution in [2.75, 3.05) is 18.0 Å². The Balaban J connectivity index is 1.63. The number of hydrogen-bond donors (Lipinski definition) is 2. The number of pyridine rings is 1. The highest BCUT2D eigenvalue weighted by Gasteiger charge is 2.34. The van der Waals surface area contributed by atoms with Crippen LogP contribution >= 0.6 is 0 Å². The number of rotatable bonds is 5. The van der Waals surface area contributed by atoms with Crippen molar-refractivity contribution >= 4 is 11.8 Å². The van der Waals surface area contributed by atoms with Crippen molar-refractivity contribution in [2.24, 2.45) is 5.92 Å². The van der Waals surface area contributed by atoms with E-state index in [9.17, 15) is 15.0 Å². The van der Waals surface area contributed by atoms with Crippen LogP contribution in [-0.2, 0) is 6.42 Å². The Morgan fingerprint density at radius 3 is 2.64 bits per heavy atom. The van der Waals surface area contributed by atoms with Crippen molar-refractivity contribution in [3.8, 4) is 11.3 Å². The van der Waals surface area contributed by atoms with Gasteiger partial charge in [0.05, 0.1) is 17.5 Å². The maximum Gasteiger partial charge on any atom is 0.339 e. The predicted molar refractivity (Wildman–Crippen MR) is 104 cm³/mol. The molecule has 7 nitrogen and oxygen atoms in total. The first kappa shape index (κ1) is 18.1. The Labute approximate surface area is 162 Å². The molecular weight excluding hydrogens is 356 g/mol. The van der Waals surface area contributed by atoms with E-state index in [1.165, 1.54) is 0 Å². The number of nitrogens with zero attached hydrogens (tertiary/aromatic N) is 4. The lowest BCUT2D eigenvalue weighted by atomic mass is 10.0. The molecule has 142 valence electrons. The molecule has 2 atom stereocenters. The van der Waals surface area contributed by atoms with Crippen LogP contribution in [0.2, 0.25) is 0 Å². The average molecular weight is 376 g/mol. The molecule has 1 saturated heterocycles. The molecule has 1 aromatic carbocycles. The Bertz CT molecular complexity index is 966. The maximum atomic E-state index is 11.7. The summed E-state index contributed by atoms with van der Waals surface area (Å²) in [5.74, 6) is -0.718. The lowest BCUT2D eigenvalue weighted by molar-refractivity contribution is 0.0697. The summed E-state index contributed by atoms with van der Waals surface area (Å²) in [4.78, 5) is 26.5. The van der Waals surface area contributed by atoms with Crippen molar-refractivity contribution in [1.29, 1.82) is 0 Å². The zero-order chi connectivity index (χ0) is 19.5. The number of aliphatic hydroxyl groups is 1. The fraction of sp³-hybridized carbons (Fsp3) is 0.238. The normalized spacial score (nSPS) is 19.0. The summed E-state index contributed by atoms with van der Waals surface area (Å²) in [7, 11) is 0. The van der Waals surface area contributed by atoms with Gasteiger partial charge in [0.1, 0.15) is 11.4 Å². The molecule has 1 aliphatic heterocycles. The zero-order valence-electron chi connectivity index (χ0n) is 15.1. The van der Waals surface area contributed by atoms with Crippen molar-refractivity contribution in [2.45, 2.75) is 12.5 Å². The van der Waals surface area contributed by atoms with Gasteiger partial charge in [0, 0.05) is 43.2 Å². The smallest absolute Gasteiger partial charge is 0.339 e. The zero-order valence-corrected chi connectivity index (χ0v) is 15.1. The van der Waals surface area contributed by atoms with E-state index in [1.54, 1.807) is 30.7 Å². The molecule has 0 spiro atoms. The first-order chi connectivity index (χ1) is 13.6. The highest BCUT2D eigenvalue weighted by atomic mass is 16.4. The lowest BCUT2D eigenvalue weighted by Crippen LogP contribution is -2.24. The summed E-state index contributed by atoms with van der Waals surface area (Å²) in [6, 6.07) is 12.9. The summed E-state index contributed by atoms with van der Waals surface area (Å²) in [6.07, 6.45) is 4.91. The molecule has 2 aromatic heterocycles. The van der Waals surface area contributed by atoms with E-state index in [0.717, 1.165) is 11.3 Å². The minimum atomic E-state index is -1.03. The Hall–Kier alpha value is -3.32. The van der Waals surface area contributed by atoms with E-state index in [0.29, 0.717) is 31.0 Å². The molecule has 0 radical (unpaired) electrons. The first-order valence-electron chi connectivity index (χ1n) is 9.09. The molecule has 0 aliphatic carbocycles. The number of aromatic nitrogens is 3. The van der Waals surface area contributed by atoms with Gasteiger partial charge in [-0.1, -0.05) is 30.3 Å². The van der Waals surface area contributed by atoms with Crippen LogP contribution in [0.15, 0.2) is 61.1 Å². The molecule has 0 unspecified atom stereocenters. The van der Waals surface area contributed by atoms with E-state index in [2.05, 4.69) is 15.0 Å². The Morgan fingerprint density at radius 1 is 1.11 bits per heavy atom. The molecule has 2 N–H and O–H groups in total. The lowest BCUT2D eigenvalue weighted by Gasteiger charge is -2.20. The van der Waals surface area contributed by atoms with Crippen LogP contribution in [0.25, 0.3) is 11.3 Å². The summed E-state index contributed by atoms with van der Waals surface area (Å²) >= 11 is 0. The summed E-state index contributed by atoms with van der Waals surface area (Å²) in [6.45, 7) is 0.833. The second kappa shape index (κ2) is 7.74. The monoisotopic (exact) mass is 376 g/mol. The first-order valence-corrected chi connectivity index (χ1v) is 9.09. The van der Waals surface area contributed by atoms with Crippen molar-refractivity contribution in [1.82, 2.24) is 15.0 Å². The average Bonchev–Trinajstić information content (AvgIpc) is 3.09.